The Bertz CT molecular complexity index is 1610. The van der Waals surface area contributed by atoms with Crippen molar-refractivity contribution in [2.75, 3.05) is 14.2 Å². The number of carbonyl (C=O) groups excluding carboxylic acids is 1. The molecule has 1 atom stereocenters. The molecule has 0 aliphatic carbocycles. The van der Waals surface area contributed by atoms with Gasteiger partial charge in [0, 0.05) is 23.3 Å². The van der Waals surface area contributed by atoms with Crippen molar-refractivity contribution in [1.29, 1.82) is 0 Å². The first-order chi connectivity index (χ1) is 20.8. The summed E-state index contributed by atoms with van der Waals surface area (Å²) in [5.41, 5.74) is 3.76. The van der Waals surface area contributed by atoms with Gasteiger partial charge in [0.15, 0.2) is 17.3 Å². The Morgan fingerprint density at radius 1 is 0.791 bits per heavy atom. The van der Waals surface area contributed by atoms with E-state index < -0.39 is 6.10 Å². The quantitative estimate of drug-likeness (QED) is 0.201. The molecule has 7 heteroatoms. The molecule has 0 N–H and O–H groups in total. The van der Waals surface area contributed by atoms with Crippen molar-refractivity contribution in [1.82, 2.24) is 0 Å². The number of hydrogen-bond acceptors (Lipinski definition) is 7. The van der Waals surface area contributed by atoms with Crippen LogP contribution in [0, 0.1) is 0 Å². The minimum Gasteiger partial charge on any atom is -0.496 e. The summed E-state index contributed by atoms with van der Waals surface area (Å²) in [6.07, 6.45) is 1.06. The van der Waals surface area contributed by atoms with Crippen LogP contribution in [0.2, 0.25) is 0 Å². The third-order valence-corrected chi connectivity index (χ3v) is 7.92. The fraction of sp³-hybridized carbons (Fsp3) is 0.306. The molecule has 222 valence electrons. The highest BCUT2D eigenvalue weighted by molar-refractivity contribution is 6.03. The zero-order valence-corrected chi connectivity index (χ0v) is 25.0. The molecule has 0 fully saturated rings. The van der Waals surface area contributed by atoms with Gasteiger partial charge in [-0.2, -0.15) is 0 Å². The SMILES string of the molecule is COc1cc(C2CC(=O)c3c(cc4c(c3OCc3ccccc3)CCC(C)(C)O4)O2)c(OC)cc1OCc1ccccc1. The Kier molecular flexibility index (Phi) is 7.89. The van der Waals surface area contributed by atoms with E-state index >= 15 is 0 Å². The van der Waals surface area contributed by atoms with Crippen molar-refractivity contribution < 1.29 is 33.2 Å². The number of methoxy groups -OCH3 is 2. The Hall–Kier alpha value is -4.65. The Labute approximate surface area is 252 Å². The van der Waals surface area contributed by atoms with Crippen molar-refractivity contribution >= 4 is 5.78 Å². The van der Waals surface area contributed by atoms with Gasteiger partial charge in [-0.05, 0) is 43.9 Å². The van der Waals surface area contributed by atoms with Gasteiger partial charge in [-0.15, -0.1) is 0 Å². The Morgan fingerprint density at radius 2 is 1.44 bits per heavy atom. The fourth-order valence-electron chi connectivity index (χ4n) is 5.63. The average Bonchev–Trinajstić information content (AvgIpc) is 3.02. The van der Waals surface area contributed by atoms with Gasteiger partial charge in [-0.25, -0.2) is 0 Å². The van der Waals surface area contributed by atoms with Crippen molar-refractivity contribution in [3.8, 4) is 34.5 Å². The minimum atomic E-state index is -0.608. The van der Waals surface area contributed by atoms with E-state index in [9.17, 15) is 4.79 Å². The summed E-state index contributed by atoms with van der Waals surface area (Å²) < 4.78 is 36.9. The second-order valence-corrected chi connectivity index (χ2v) is 11.4. The van der Waals surface area contributed by atoms with Crippen molar-refractivity contribution in [2.45, 2.75) is 58.0 Å². The molecule has 2 heterocycles. The maximum atomic E-state index is 13.9. The number of Topliss-reactive ketones (excluding diaryl/α,β-unsaturated/α-hetero) is 1. The second kappa shape index (κ2) is 11.9. The van der Waals surface area contributed by atoms with Crippen LogP contribution in [0.3, 0.4) is 0 Å². The lowest BCUT2D eigenvalue weighted by Crippen LogP contribution is -2.33. The van der Waals surface area contributed by atoms with Gasteiger partial charge >= 0.3 is 0 Å². The molecule has 7 nitrogen and oxygen atoms in total. The Morgan fingerprint density at radius 3 is 2.09 bits per heavy atom. The van der Waals surface area contributed by atoms with E-state index in [4.69, 9.17) is 28.4 Å². The predicted octanol–water partition coefficient (Wildman–Crippen LogP) is 7.67. The van der Waals surface area contributed by atoms with Gasteiger partial charge in [-0.3, -0.25) is 4.79 Å². The molecule has 43 heavy (non-hydrogen) atoms. The predicted molar refractivity (Wildman–Crippen MR) is 163 cm³/mol. The fourth-order valence-corrected chi connectivity index (χ4v) is 5.63. The maximum Gasteiger partial charge on any atom is 0.174 e. The lowest BCUT2D eigenvalue weighted by Gasteiger charge is -2.36. The summed E-state index contributed by atoms with van der Waals surface area (Å²) in [6, 6.07) is 25.3. The van der Waals surface area contributed by atoms with Crippen LogP contribution in [0.4, 0.5) is 0 Å². The summed E-state index contributed by atoms with van der Waals surface area (Å²) in [6.45, 7) is 4.83. The van der Waals surface area contributed by atoms with Crippen LogP contribution in [0.15, 0.2) is 78.9 Å². The zero-order chi connectivity index (χ0) is 30.0. The summed E-state index contributed by atoms with van der Waals surface area (Å²) >= 11 is 0. The lowest BCUT2D eigenvalue weighted by molar-refractivity contribution is 0.0773. The van der Waals surface area contributed by atoms with Crippen LogP contribution in [-0.4, -0.2) is 25.6 Å². The average molecular weight is 581 g/mol. The topological polar surface area (TPSA) is 72.5 Å². The van der Waals surface area contributed by atoms with Gasteiger partial charge in [0.25, 0.3) is 0 Å². The molecule has 0 aromatic heterocycles. The summed E-state index contributed by atoms with van der Waals surface area (Å²) in [5.74, 6) is 3.21. The third-order valence-electron chi connectivity index (χ3n) is 7.92. The van der Waals surface area contributed by atoms with Crippen molar-refractivity contribution in [3.63, 3.8) is 0 Å². The number of ether oxygens (including phenoxy) is 6. The molecule has 0 amide bonds. The highest BCUT2D eigenvalue weighted by Gasteiger charge is 2.38. The van der Waals surface area contributed by atoms with E-state index in [-0.39, 0.29) is 17.8 Å². The molecule has 0 bridgehead atoms. The lowest BCUT2D eigenvalue weighted by atomic mass is 9.88. The number of hydrogen-bond donors (Lipinski definition) is 0. The molecule has 2 aliphatic rings. The van der Waals surface area contributed by atoms with E-state index in [2.05, 4.69) is 13.8 Å². The number of carbonyl (C=O) groups is 1. The first kappa shape index (κ1) is 28.5. The van der Waals surface area contributed by atoms with Crippen LogP contribution >= 0.6 is 0 Å². The number of ketones is 1. The summed E-state index contributed by atoms with van der Waals surface area (Å²) in [5, 5.41) is 0. The van der Waals surface area contributed by atoms with Gasteiger partial charge < -0.3 is 28.4 Å². The minimum absolute atomic E-state index is 0.0626. The van der Waals surface area contributed by atoms with Crippen LogP contribution < -0.4 is 28.4 Å². The van der Waals surface area contributed by atoms with E-state index in [1.807, 2.05) is 72.8 Å². The highest BCUT2D eigenvalue weighted by atomic mass is 16.5. The van der Waals surface area contributed by atoms with Crippen molar-refractivity contribution in [3.05, 3.63) is 107 Å². The molecule has 0 radical (unpaired) electrons. The van der Waals surface area contributed by atoms with Crippen LogP contribution in [0.5, 0.6) is 34.5 Å². The first-order valence-electron chi connectivity index (χ1n) is 14.5. The molecule has 1 unspecified atom stereocenters. The van der Waals surface area contributed by atoms with Crippen LogP contribution in [0.25, 0.3) is 0 Å². The Balaban J connectivity index is 1.34. The first-order valence-corrected chi connectivity index (χ1v) is 14.5. The standard InChI is InChI=1S/C36H36O7/c1-36(2)16-15-25-30(43-36)20-33-34(35(25)41-22-24-13-9-6-10-14-24)27(37)18-29(42-33)26-17-31(39-4)32(19-28(26)38-3)40-21-23-11-7-5-8-12-23/h5-14,17,19-20,29H,15-16,18,21-22H2,1-4H3. The van der Waals surface area contributed by atoms with Gasteiger partial charge in [0.05, 0.1) is 20.6 Å². The van der Waals surface area contributed by atoms with E-state index in [0.29, 0.717) is 58.8 Å². The number of fused-ring (bicyclic) bond motifs is 2. The molecule has 2 aliphatic heterocycles. The maximum absolute atomic E-state index is 13.9. The molecule has 0 spiro atoms. The van der Waals surface area contributed by atoms with Crippen molar-refractivity contribution in [2.24, 2.45) is 0 Å². The molecule has 4 aromatic carbocycles. The van der Waals surface area contributed by atoms with E-state index in [1.54, 1.807) is 20.3 Å². The monoisotopic (exact) mass is 580 g/mol. The molecule has 6 rings (SSSR count). The zero-order valence-electron chi connectivity index (χ0n) is 25.0. The van der Waals surface area contributed by atoms with Crippen LogP contribution in [0.1, 0.15) is 65.4 Å². The largest absolute Gasteiger partial charge is 0.496 e. The smallest absolute Gasteiger partial charge is 0.174 e. The van der Waals surface area contributed by atoms with E-state index in [0.717, 1.165) is 29.5 Å². The molecular formula is C36H36O7. The third kappa shape index (κ3) is 5.98. The van der Waals surface area contributed by atoms with Gasteiger partial charge in [0.1, 0.15) is 53.5 Å². The molecule has 0 saturated heterocycles. The van der Waals surface area contributed by atoms with E-state index in [1.165, 1.54) is 0 Å². The van der Waals surface area contributed by atoms with Gasteiger partial charge in [0.2, 0.25) is 0 Å². The normalized spacial score (nSPS) is 16.7. The highest BCUT2D eigenvalue weighted by Crippen LogP contribution is 2.50. The van der Waals surface area contributed by atoms with Crippen LogP contribution in [-0.2, 0) is 19.6 Å². The molecule has 0 saturated carbocycles. The summed E-state index contributed by atoms with van der Waals surface area (Å²) in [4.78, 5) is 13.9. The van der Waals surface area contributed by atoms with Gasteiger partial charge in [-0.1, -0.05) is 60.7 Å². The summed E-state index contributed by atoms with van der Waals surface area (Å²) in [7, 11) is 3.18. The molecule has 4 aromatic rings. The second-order valence-electron chi connectivity index (χ2n) is 11.4. The number of rotatable bonds is 9. The number of benzene rings is 4. The molecular weight excluding hydrogens is 544 g/mol.